The van der Waals surface area contributed by atoms with Crippen LogP contribution in [-0.4, -0.2) is 18.5 Å². The zero-order chi connectivity index (χ0) is 16.6. The summed E-state index contributed by atoms with van der Waals surface area (Å²) in [5.41, 5.74) is -0.288. The fraction of sp³-hybridized carbons (Fsp3) is 0.467. The Labute approximate surface area is 126 Å². The molecule has 1 aromatic rings. The van der Waals surface area contributed by atoms with Gasteiger partial charge < -0.3 is 9.47 Å². The van der Waals surface area contributed by atoms with Crippen molar-refractivity contribution in [1.82, 2.24) is 0 Å². The van der Waals surface area contributed by atoms with Crippen molar-refractivity contribution in [3.63, 3.8) is 0 Å². The van der Waals surface area contributed by atoms with E-state index in [-0.39, 0.29) is 32.0 Å². The number of hydrogen-bond acceptors (Lipinski definition) is 4. The molecule has 0 spiro atoms. The first-order valence-electron chi connectivity index (χ1n) is 6.80. The van der Waals surface area contributed by atoms with Crippen LogP contribution in [0.5, 0.6) is 0 Å². The number of rotatable bonds is 7. The molecular formula is C15H17F3O4. The molecule has 4 nitrogen and oxygen atoms in total. The van der Waals surface area contributed by atoms with Gasteiger partial charge in [0.05, 0.1) is 12.2 Å². The van der Waals surface area contributed by atoms with E-state index in [2.05, 4.69) is 0 Å². The van der Waals surface area contributed by atoms with E-state index in [0.717, 1.165) is 12.1 Å². The van der Waals surface area contributed by atoms with Gasteiger partial charge in [-0.15, -0.1) is 0 Å². The minimum absolute atomic E-state index is 0.0550. The van der Waals surface area contributed by atoms with Crippen molar-refractivity contribution in [1.29, 1.82) is 0 Å². The van der Waals surface area contributed by atoms with E-state index < -0.39 is 17.7 Å². The number of alkyl halides is 3. The van der Waals surface area contributed by atoms with Gasteiger partial charge >= 0.3 is 18.1 Å². The summed E-state index contributed by atoms with van der Waals surface area (Å²) >= 11 is 0. The van der Waals surface area contributed by atoms with Crippen LogP contribution in [0.1, 0.15) is 37.3 Å². The van der Waals surface area contributed by atoms with Gasteiger partial charge in [-0.3, -0.25) is 9.59 Å². The van der Waals surface area contributed by atoms with E-state index in [0.29, 0.717) is 12.0 Å². The first-order chi connectivity index (χ1) is 10.3. The minimum atomic E-state index is -4.39. The van der Waals surface area contributed by atoms with Crippen LogP contribution < -0.4 is 0 Å². The zero-order valence-corrected chi connectivity index (χ0v) is 12.1. The Kier molecular flexibility index (Phi) is 6.88. The van der Waals surface area contributed by atoms with Crippen molar-refractivity contribution >= 4 is 11.9 Å². The first-order valence-corrected chi connectivity index (χ1v) is 6.80. The summed E-state index contributed by atoms with van der Waals surface area (Å²) < 4.78 is 46.7. The van der Waals surface area contributed by atoms with Crippen molar-refractivity contribution in [2.75, 3.05) is 6.61 Å². The van der Waals surface area contributed by atoms with E-state index in [1.54, 1.807) is 6.92 Å². The largest absolute Gasteiger partial charge is 0.466 e. The summed E-state index contributed by atoms with van der Waals surface area (Å²) in [5.74, 6) is -0.887. The molecule has 0 bridgehead atoms. The number of carbonyl (C=O) groups excluding carboxylic acids is 2. The minimum Gasteiger partial charge on any atom is -0.466 e. The molecule has 0 saturated carbocycles. The fourth-order valence-electron chi connectivity index (χ4n) is 1.64. The smallest absolute Gasteiger partial charge is 0.416 e. The lowest BCUT2D eigenvalue weighted by Crippen LogP contribution is -2.08. The topological polar surface area (TPSA) is 52.6 Å². The van der Waals surface area contributed by atoms with Crippen molar-refractivity contribution < 1.29 is 32.2 Å². The number of ether oxygens (including phenoxy) is 2. The van der Waals surface area contributed by atoms with Gasteiger partial charge in [0.15, 0.2) is 0 Å². The zero-order valence-electron chi connectivity index (χ0n) is 12.1. The maximum atomic E-state index is 12.4. The molecule has 0 fully saturated rings. The third-order valence-corrected chi connectivity index (χ3v) is 2.75. The Hall–Kier alpha value is -2.05. The molecule has 0 N–H and O–H groups in total. The van der Waals surface area contributed by atoms with Gasteiger partial charge in [-0.05, 0) is 31.0 Å². The average Bonchev–Trinajstić information content (AvgIpc) is 2.45. The molecule has 0 atom stereocenters. The molecule has 7 heteroatoms. The van der Waals surface area contributed by atoms with Gasteiger partial charge in [-0.1, -0.05) is 12.1 Å². The third kappa shape index (κ3) is 6.60. The second kappa shape index (κ2) is 8.41. The highest BCUT2D eigenvalue weighted by atomic mass is 19.4. The van der Waals surface area contributed by atoms with Crippen molar-refractivity contribution in [3.05, 3.63) is 35.4 Å². The normalized spacial score (nSPS) is 11.1. The van der Waals surface area contributed by atoms with E-state index in [1.165, 1.54) is 12.1 Å². The van der Waals surface area contributed by atoms with E-state index >= 15 is 0 Å². The summed E-state index contributed by atoms with van der Waals surface area (Å²) in [5, 5.41) is 0. The molecule has 22 heavy (non-hydrogen) atoms. The number of benzene rings is 1. The lowest BCUT2D eigenvalue weighted by Gasteiger charge is -2.08. The maximum absolute atomic E-state index is 12.4. The summed E-state index contributed by atoms with van der Waals surface area (Å²) in [6, 6.07) is 4.39. The fourth-order valence-corrected chi connectivity index (χ4v) is 1.64. The molecule has 0 aliphatic heterocycles. The van der Waals surface area contributed by atoms with Crippen LogP contribution in [0, 0.1) is 0 Å². The molecule has 122 valence electrons. The molecule has 0 heterocycles. The van der Waals surface area contributed by atoms with Gasteiger partial charge in [0.2, 0.25) is 0 Å². The van der Waals surface area contributed by atoms with Gasteiger partial charge in [0, 0.05) is 12.8 Å². The van der Waals surface area contributed by atoms with Gasteiger partial charge in [-0.25, -0.2) is 0 Å². The predicted molar refractivity (Wildman–Crippen MR) is 71.7 cm³/mol. The van der Waals surface area contributed by atoms with Crippen LogP contribution in [0.3, 0.4) is 0 Å². The standard InChI is InChI=1S/C15H17F3O4/c1-2-21-13(19)4-3-5-14(20)22-10-11-6-8-12(9-7-11)15(16,17)18/h6-9H,2-5,10H2,1H3. The van der Waals surface area contributed by atoms with Crippen molar-refractivity contribution in [3.8, 4) is 0 Å². The Morgan fingerprint density at radius 3 is 2.05 bits per heavy atom. The lowest BCUT2D eigenvalue weighted by atomic mass is 10.1. The molecule has 0 aliphatic rings. The lowest BCUT2D eigenvalue weighted by molar-refractivity contribution is -0.146. The van der Waals surface area contributed by atoms with Crippen LogP contribution in [-0.2, 0) is 31.8 Å². The molecule has 0 amide bonds. The molecule has 0 aliphatic carbocycles. The number of esters is 2. The Balaban J connectivity index is 2.31. The van der Waals surface area contributed by atoms with E-state index in [9.17, 15) is 22.8 Å². The maximum Gasteiger partial charge on any atom is 0.416 e. The highest BCUT2D eigenvalue weighted by Gasteiger charge is 2.29. The Morgan fingerprint density at radius 1 is 1.00 bits per heavy atom. The van der Waals surface area contributed by atoms with Crippen molar-refractivity contribution in [2.24, 2.45) is 0 Å². The second-order valence-electron chi connectivity index (χ2n) is 4.51. The molecule has 0 aromatic heterocycles. The number of hydrogen-bond donors (Lipinski definition) is 0. The summed E-state index contributed by atoms with van der Waals surface area (Å²) in [4.78, 5) is 22.5. The number of carbonyl (C=O) groups is 2. The Bertz CT molecular complexity index is 495. The monoisotopic (exact) mass is 318 g/mol. The number of halogens is 3. The van der Waals surface area contributed by atoms with E-state index in [1.807, 2.05) is 0 Å². The van der Waals surface area contributed by atoms with E-state index in [4.69, 9.17) is 9.47 Å². The highest BCUT2D eigenvalue weighted by Crippen LogP contribution is 2.29. The van der Waals surface area contributed by atoms with Crippen LogP contribution in [0.15, 0.2) is 24.3 Å². The van der Waals surface area contributed by atoms with Gasteiger partial charge in [0.1, 0.15) is 6.61 Å². The van der Waals surface area contributed by atoms with Gasteiger partial charge in [-0.2, -0.15) is 13.2 Å². The van der Waals surface area contributed by atoms with Crippen LogP contribution in [0.2, 0.25) is 0 Å². The first kappa shape index (κ1) is 18.0. The quantitative estimate of drug-likeness (QED) is 0.722. The van der Waals surface area contributed by atoms with Crippen LogP contribution in [0.25, 0.3) is 0 Å². The molecular weight excluding hydrogens is 301 g/mol. The molecule has 1 aromatic carbocycles. The van der Waals surface area contributed by atoms with Crippen molar-refractivity contribution in [2.45, 2.75) is 39.0 Å². The second-order valence-corrected chi connectivity index (χ2v) is 4.51. The summed E-state index contributed by atoms with van der Waals surface area (Å²) in [7, 11) is 0. The van der Waals surface area contributed by atoms with Crippen LogP contribution in [0.4, 0.5) is 13.2 Å². The summed E-state index contributed by atoms with van der Waals surface area (Å²) in [6.07, 6.45) is -3.89. The summed E-state index contributed by atoms with van der Waals surface area (Å²) in [6.45, 7) is 1.88. The SMILES string of the molecule is CCOC(=O)CCCC(=O)OCc1ccc(C(F)(F)F)cc1. The Morgan fingerprint density at radius 2 is 1.55 bits per heavy atom. The van der Waals surface area contributed by atoms with Gasteiger partial charge in [0.25, 0.3) is 0 Å². The average molecular weight is 318 g/mol. The molecule has 0 radical (unpaired) electrons. The molecule has 1 rings (SSSR count). The highest BCUT2D eigenvalue weighted by molar-refractivity contribution is 5.72. The predicted octanol–water partition coefficient (Wildman–Crippen LogP) is 3.48. The van der Waals surface area contributed by atoms with Crippen LogP contribution >= 0.6 is 0 Å². The molecule has 0 saturated heterocycles. The molecule has 0 unspecified atom stereocenters. The third-order valence-electron chi connectivity index (χ3n) is 2.75.